The minimum atomic E-state index is 0.481. The number of rotatable bonds is 5. The average Bonchev–Trinajstić information content (AvgIpc) is 2.85. The van der Waals surface area contributed by atoms with Gasteiger partial charge in [-0.15, -0.1) is 11.3 Å². The van der Waals surface area contributed by atoms with Crippen molar-refractivity contribution in [2.75, 3.05) is 7.11 Å². The van der Waals surface area contributed by atoms with Crippen LogP contribution in [-0.4, -0.2) is 18.1 Å². The smallest absolute Gasteiger partial charge is 0.124 e. The van der Waals surface area contributed by atoms with Crippen molar-refractivity contribution in [3.05, 3.63) is 33.7 Å². The van der Waals surface area contributed by atoms with Gasteiger partial charge in [-0.25, -0.2) is 4.98 Å². The number of nitrogens with zero attached hydrogens (tertiary/aromatic N) is 1. The summed E-state index contributed by atoms with van der Waals surface area (Å²) in [5, 5.41) is 4.40. The van der Waals surface area contributed by atoms with E-state index in [2.05, 4.69) is 40.1 Å². The molecule has 0 aliphatic rings. The number of halogens is 1. The van der Waals surface area contributed by atoms with Gasteiger partial charge in [-0.2, -0.15) is 0 Å². The second-order valence-electron chi connectivity index (χ2n) is 4.51. The summed E-state index contributed by atoms with van der Waals surface area (Å²) in [6.45, 7) is 5.14. The highest BCUT2D eigenvalue weighted by atomic mass is 79.9. The normalized spacial score (nSPS) is 11.0. The predicted octanol–water partition coefficient (Wildman–Crippen LogP) is 4.08. The zero-order valence-electron chi connectivity index (χ0n) is 11.2. The van der Waals surface area contributed by atoms with Crippen LogP contribution in [0, 0.1) is 0 Å². The number of benzene rings is 1. The molecule has 3 nitrogen and oxygen atoms in total. The molecule has 0 saturated heterocycles. The third kappa shape index (κ3) is 3.78. The molecule has 19 heavy (non-hydrogen) atoms. The molecule has 0 radical (unpaired) electrons. The van der Waals surface area contributed by atoms with E-state index >= 15 is 0 Å². The maximum Gasteiger partial charge on any atom is 0.124 e. The Balaban J connectivity index is 2.22. The van der Waals surface area contributed by atoms with Crippen LogP contribution >= 0.6 is 27.3 Å². The van der Waals surface area contributed by atoms with E-state index in [-0.39, 0.29) is 0 Å². The fraction of sp³-hybridized carbons (Fsp3) is 0.357. The van der Waals surface area contributed by atoms with E-state index in [9.17, 15) is 0 Å². The van der Waals surface area contributed by atoms with Crippen molar-refractivity contribution in [2.24, 2.45) is 0 Å². The molecule has 0 saturated carbocycles. The van der Waals surface area contributed by atoms with Crippen molar-refractivity contribution in [1.29, 1.82) is 0 Å². The molecule has 0 bridgehead atoms. The van der Waals surface area contributed by atoms with E-state index < -0.39 is 0 Å². The second-order valence-corrected chi connectivity index (χ2v) is 6.48. The molecular weight excluding hydrogens is 324 g/mol. The summed E-state index contributed by atoms with van der Waals surface area (Å²) in [6.07, 6.45) is 1.93. The lowest BCUT2D eigenvalue weighted by Gasteiger charge is -2.05. The van der Waals surface area contributed by atoms with E-state index in [0.717, 1.165) is 27.3 Å². The summed E-state index contributed by atoms with van der Waals surface area (Å²) in [4.78, 5) is 5.73. The van der Waals surface area contributed by atoms with Crippen LogP contribution in [0.15, 0.2) is 28.9 Å². The Hall–Kier alpha value is -0.910. The SMILES string of the molecule is COc1ccc(Br)c(-c2ncc(CNC(C)C)s2)c1. The Morgan fingerprint density at radius 1 is 1.42 bits per heavy atom. The highest BCUT2D eigenvalue weighted by molar-refractivity contribution is 9.10. The van der Waals surface area contributed by atoms with Gasteiger partial charge in [0.1, 0.15) is 10.8 Å². The first-order chi connectivity index (χ1) is 9.10. The zero-order valence-corrected chi connectivity index (χ0v) is 13.6. The van der Waals surface area contributed by atoms with Gasteiger partial charge in [0.05, 0.1) is 7.11 Å². The molecule has 0 fully saturated rings. The predicted molar refractivity (Wildman–Crippen MR) is 83.8 cm³/mol. The molecule has 0 unspecified atom stereocenters. The maximum absolute atomic E-state index is 5.26. The molecule has 1 heterocycles. The number of ether oxygens (including phenoxy) is 1. The molecule has 5 heteroatoms. The van der Waals surface area contributed by atoms with Crippen molar-refractivity contribution in [2.45, 2.75) is 26.4 Å². The summed E-state index contributed by atoms with van der Waals surface area (Å²) < 4.78 is 6.29. The summed E-state index contributed by atoms with van der Waals surface area (Å²) in [5.74, 6) is 0.843. The Morgan fingerprint density at radius 3 is 2.89 bits per heavy atom. The lowest BCUT2D eigenvalue weighted by molar-refractivity contribution is 0.415. The molecule has 0 aliphatic heterocycles. The van der Waals surface area contributed by atoms with Gasteiger partial charge in [0.25, 0.3) is 0 Å². The number of hydrogen-bond donors (Lipinski definition) is 1. The number of thiazole rings is 1. The largest absolute Gasteiger partial charge is 0.497 e. The topological polar surface area (TPSA) is 34.1 Å². The lowest BCUT2D eigenvalue weighted by Crippen LogP contribution is -2.21. The van der Waals surface area contributed by atoms with E-state index in [1.807, 2.05) is 24.4 Å². The molecular formula is C14H17BrN2OS. The van der Waals surface area contributed by atoms with Crippen LogP contribution in [0.2, 0.25) is 0 Å². The standard InChI is InChI=1S/C14H17BrN2OS/c1-9(2)16-7-11-8-17-14(19-11)12-6-10(18-3)4-5-13(12)15/h4-6,8-9,16H,7H2,1-3H3. The minimum Gasteiger partial charge on any atom is -0.497 e. The van der Waals surface area contributed by atoms with Crippen molar-refractivity contribution >= 4 is 27.3 Å². The fourth-order valence-electron chi connectivity index (χ4n) is 1.61. The third-order valence-electron chi connectivity index (χ3n) is 2.64. The van der Waals surface area contributed by atoms with E-state index in [0.29, 0.717) is 6.04 Å². The second kappa shape index (κ2) is 6.50. The first kappa shape index (κ1) is 14.5. The molecule has 2 rings (SSSR count). The van der Waals surface area contributed by atoms with Gasteiger partial charge in [-0.1, -0.05) is 29.8 Å². The molecule has 0 spiro atoms. The number of nitrogens with one attached hydrogen (secondary N) is 1. The molecule has 1 aromatic heterocycles. The van der Waals surface area contributed by atoms with Gasteiger partial charge in [-0.05, 0) is 18.2 Å². The highest BCUT2D eigenvalue weighted by Gasteiger charge is 2.10. The van der Waals surface area contributed by atoms with Gasteiger partial charge in [0.15, 0.2) is 0 Å². The molecule has 1 aromatic carbocycles. The number of methoxy groups -OCH3 is 1. The Kier molecular flexibility index (Phi) is 4.96. The Labute approximate surface area is 126 Å². The van der Waals surface area contributed by atoms with Gasteiger partial charge in [0, 0.05) is 33.7 Å². The van der Waals surface area contributed by atoms with Crippen LogP contribution in [0.1, 0.15) is 18.7 Å². The quantitative estimate of drug-likeness (QED) is 0.890. The zero-order chi connectivity index (χ0) is 13.8. The van der Waals surface area contributed by atoms with E-state index in [1.165, 1.54) is 4.88 Å². The number of aromatic nitrogens is 1. The number of hydrogen-bond acceptors (Lipinski definition) is 4. The summed E-state index contributed by atoms with van der Waals surface area (Å²) in [7, 11) is 1.67. The van der Waals surface area contributed by atoms with Gasteiger partial charge in [0.2, 0.25) is 0 Å². The van der Waals surface area contributed by atoms with Crippen molar-refractivity contribution in [3.8, 4) is 16.3 Å². The Morgan fingerprint density at radius 2 is 2.21 bits per heavy atom. The van der Waals surface area contributed by atoms with Crippen LogP contribution in [0.3, 0.4) is 0 Å². The van der Waals surface area contributed by atoms with Gasteiger partial charge in [-0.3, -0.25) is 0 Å². The molecule has 102 valence electrons. The third-order valence-corrected chi connectivity index (χ3v) is 4.36. The Bertz CT molecular complexity index is 554. The van der Waals surface area contributed by atoms with Gasteiger partial charge < -0.3 is 10.1 Å². The average molecular weight is 341 g/mol. The summed E-state index contributed by atoms with van der Waals surface area (Å²) >= 11 is 5.27. The van der Waals surface area contributed by atoms with Crippen molar-refractivity contribution < 1.29 is 4.74 Å². The first-order valence-electron chi connectivity index (χ1n) is 6.12. The molecule has 1 N–H and O–H groups in total. The van der Waals surface area contributed by atoms with E-state index in [1.54, 1.807) is 18.4 Å². The van der Waals surface area contributed by atoms with Crippen molar-refractivity contribution in [3.63, 3.8) is 0 Å². The molecule has 0 amide bonds. The lowest BCUT2D eigenvalue weighted by atomic mass is 10.2. The maximum atomic E-state index is 5.26. The van der Waals surface area contributed by atoms with Crippen LogP contribution in [0.4, 0.5) is 0 Å². The van der Waals surface area contributed by atoms with Gasteiger partial charge >= 0.3 is 0 Å². The highest BCUT2D eigenvalue weighted by Crippen LogP contribution is 2.34. The first-order valence-corrected chi connectivity index (χ1v) is 7.73. The van der Waals surface area contributed by atoms with Crippen LogP contribution in [0.25, 0.3) is 10.6 Å². The fourth-order valence-corrected chi connectivity index (χ4v) is 3.07. The molecule has 2 aromatic rings. The monoisotopic (exact) mass is 340 g/mol. The van der Waals surface area contributed by atoms with Crippen molar-refractivity contribution in [1.82, 2.24) is 10.3 Å². The molecule has 0 atom stereocenters. The van der Waals surface area contributed by atoms with Crippen LogP contribution in [0.5, 0.6) is 5.75 Å². The summed E-state index contributed by atoms with van der Waals surface area (Å²) in [5.41, 5.74) is 1.07. The van der Waals surface area contributed by atoms with Crippen LogP contribution < -0.4 is 10.1 Å². The minimum absolute atomic E-state index is 0.481. The summed E-state index contributed by atoms with van der Waals surface area (Å²) in [6, 6.07) is 6.40. The molecule has 0 aliphatic carbocycles. The van der Waals surface area contributed by atoms with E-state index in [4.69, 9.17) is 4.74 Å². The van der Waals surface area contributed by atoms with Crippen LogP contribution in [-0.2, 0) is 6.54 Å².